The lowest BCUT2D eigenvalue weighted by Crippen LogP contribution is -2.28. The van der Waals surface area contributed by atoms with Gasteiger partial charge < -0.3 is 4.42 Å². The Morgan fingerprint density at radius 3 is 2.80 bits per heavy atom. The number of carbonyl (C=O) groups excluding carboxylic acids is 1. The van der Waals surface area contributed by atoms with Crippen molar-refractivity contribution in [1.82, 2.24) is 5.01 Å². The van der Waals surface area contributed by atoms with Gasteiger partial charge in [0.25, 0.3) is 5.91 Å². The van der Waals surface area contributed by atoms with Crippen molar-refractivity contribution in [3.63, 3.8) is 0 Å². The Kier molecular flexibility index (Phi) is 4.72. The quantitative estimate of drug-likeness (QED) is 0.607. The topological polar surface area (TPSA) is 45.8 Å². The lowest BCUT2D eigenvalue weighted by molar-refractivity contribution is -0.130. The summed E-state index contributed by atoms with van der Waals surface area (Å²) in [5, 5.41) is 8.23. The number of nitrogens with zero attached hydrogens (tertiary/aromatic N) is 2. The molecule has 1 atom stereocenters. The van der Waals surface area contributed by atoms with Crippen LogP contribution >= 0.6 is 23.1 Å². The van der Waals surface area contributed by atoms with E-state index in [1.807, 2.05) is 60.0 Å². The summed E-state index contributed by atoms with van der Waals surface area (Å²) in [7, 11) is 0. The first-order chi connectivity index (χ1) is 12.3. The highest BCUT2D eigenvalue weighted by molar-refractivity contribution is 8.00. The molecular formula is C19H16N2O2S2. The molecule has 0 fully saturated rings. The minimum absolute atomic E-state index is 0.0122. The van der Waals surface area contributed by atoms with Crippen molar-refractivity contribution in [3.05, 3.63) is 76.9 Å². The second-order valence-electron chi connectivity index (χ2n) is 5.60. The van der Waals surface area contributed by atoms with Crippen molar-refractivity contribution < 1.29 is 9.21 Å². The molecule has 3 aromatic rings. The summed E-state index contributed by atoms with van der Waals surface area (Å²) in [5.41, 5.74) is 0.939. The molecule has 3 heterocycles. The van der Waals surface area contributed by atoms with Gasteiger partial charge in [-0.2, -0.15) is 5.10 Å². The second-order valence-corrected chi connectivity index (χ2v) is 7.60. The van der Waals surface area contributed by atoms with Crippen LogP contribution in [0.25, 0.3) is 0 Å². The standard InChI is InChI=1S/C19H16N2O2S2/c22-19(13-25-14-6-2-1-3-7-14)21-16(17-8-4-10-23-17)12-15(20-21)18-9-5-11-24-18/h1-11,16H,12-13H2. The van der Waals surface area contributed by atoms with E-state index in [9.17, 15) is 4.79 Å². The normalized spacial score (nSPS) is 16.9. The van der Waals surface area contributed by atoms with E-state index < -0.39 is 0 Å². The van der Waals surface area contributed by atoms with Gasteiger partial charge in [-0.05, 0) is 35.7 Å². The van der Waals surface area contributed by atoms with E-state index in [1.54, 1.807) is 22.6 Å². The van der Waals surface area contributed by atoms with Gasteiger partial charge in [0.15, 0.2) is 0 Å². The summed E-state index contributed by atoms with van der Waals surface area (Å²) in [6, 6.07) is 17.5. The summed E-state index contributed by atoms with van der Waals surface area (Å²) >= 11 is 3.16. The summed E-state index contributed by atoms with van der Waals surface area (Å²) < 4.78 is 5.56. The van der Waals surface area contributed by atoms with Crippen molar-refractivity contribution in [2.75, 3.05) is 5.75 Å². The summed E-state index contributed by atoms with van der Waals surface area (Å²) in [6.45, 7) is 0. The minimum atomic E-state index is -0.170. The van der Waals surface area contributed by atoms with Gasteiger partial charge >= 0.3 is 0 Å². The molecule has 25 heavy (non-hydrogen) atoms. The first kappa shape index (κ1) is 16.2. The smallest absolute Gasteiger partial charge is 0.253 e. The summed E-state index contributed by atoms with van der Waals surface area (Å²) in [6.07, 6.45) is 2.32. The third-order valence-electron chi connectivity index (χ3n) is 3.95. The molecule has 2 aromatic heterocycles. The molecule has 6 heteroatoms. The third kappa shape index (κ3) is 3.55. The number of hydrazone groups is 1. The molecule has 126 valence electrons. The largest absolute Gasteiger partial charge is 0.467 e. The molecular weight excluding hydrogens is 352 g/mol. The Morgan fingerprint density at radius 2 is 2.08 bits per heavy atom. The number of hydrogen-bond acceptors (Lipinski definition) is 5. The first-order valence-corrected chi connectivity index (χ1v) is 9.82. The van der Waals surface area contributed by atoms with Gasteiger partial charge in [-0.15, -0.1) is 23.1 Å². The van der Waals surface area contributed by atoms with Crippen molar-refractivity contribution in [2.24, 2.45) is 5.10 Å². The number of hydrogen-bond donors (Lipinski definition) is 0. The van der Waals surface area contributed by atoms with Gasteiger partial charge in [-0.25, -0.2) is 5.01 Å². The molecule has 0 spiro atoms. The van der Waals surface area contributed by atoms with Crippen LogP contribution in [0.1, 0.15) is 23.1 Å². The van der Waals surface area contributed by atoms with E-state index in [-0.39, 0.29) is 11.9 Å². The maximum Gasteiger partial charge on any atom is 0.253 e. The number of benzene rings is 1. The molecule has 4 rings (SSSR count). The summed E-state index contributed by atoms with van der Waals surface area (Å²) in [4.78, 5) is 15.0. The number of thioether (sulfide) groups is 1. The molecule has 0 saturated carbocycles. The Balaban J connectivity index is 1.54. The maximum atomic E-state index is 12.8. The Labute approximate surface area is 154 Å². The zero-order chi connectivity index (χ0) is 17.1. The van der Waals surface area contributed by atoms with E-state index in [2.05, 4.69) is 5.10 Å². The zero-order valence-corrected chi connectivity index (χ0v) is 15.0. The molecule has 1 aliphatic rings. The van der Waals surface area contributed by atoms with Crippen molar-refractivity contribution in [1.29, 1.82) is 0 Å². The Morgan fingerprint density at radius 1 is 1.20 bits per heavy atom. The highest BCUT2D eigenvalue weighted by Gasteiger charge is 2.34. The molecule has 0 bridgehead atoms. The van der Waals surface area contributed by atoms with E-state index >= 15 is 0 Å². The van der Waals surface area contributed by atoms with Crippen LogP contribution in [0.4, 0.5) is 0 Å². The zero-order valence-electron chi connectivity index (χ0n) is 13.4. The Bertz CT molecular complexity index is 858. The second kappa shape index (κ2) is 7.29. The highest BCUT2D eigenvalue weighted by Crippen LogP contribution is 2.34. The van der Waals surface area contributed by atoms with Crippen LogP contribution in [-0.2, 0) is 4.79 Å². The lowest BCUT2D eigenvalue weighted by atomic mass is 10.1. The molecule has 0 saturated heterocycles. The van der Waals surface area contributed by atoms with Gasteiger partial charge in [-0.1, -0.05) is 24.3 Å². The van der Waals surface area contributed by atoms with Gasteiger partial charge in [0.05, 0.1) is 22.6 Å². The predicted octanol–water partition coefficient (Wildman–Crippen LogP) is 4.81. The lowest BCUT2D eigenvalue weighted by Gasteiger charge is -2.19. The molecule has 4 nitrogen and oxygen atoms in total. The molecule has 0 aliphatic carbocycles. The number of thiophene rings is 1. The van der Waals surface area contributed by atoms with E-state index in [1.165, 1.54) is 11.8 Å². The number of carbonyl (C=O) groups is 1. The monoisotopic (exact) mass is 368 g/mol. The fraction of sp³-hybridized carbons (Fsp3) is 0.158. The fourth-order valence-corrected chi connectivity index (χ4v) is 4.26. The van der Waals surface area contributed by atoms with Crippen molar-refractivity contribution in [2.45, 2.75) is 17.4 Å². The predicted molar refractivity (Wildman–Crippen MR) is 101 cm³/mol. The molecule has 0 radical (unpaired) electrons. The van der Waals surface area contributed by atoms with Crippen LogP contribution < -0.4 is 0 Å². The molecule has 1 aliphatic heterocycles. The number of furan rings is 1. The highest BCUT2D eigenvalue weighted by atomic mass is 32.2. The molecule has 1 unspecified atom stereocenters. The third-order valence-corrected chi connectivity index (χ3v) is 5.86. The van der Waals surface area contributed by atoms with Gasteiger partial charge in [0.1, 0.15) is 11.8 Å². The fourth-order valence-electron chi connectivity index (χ4n) is 2.76. The van der Waals surface area contributed by atoms with Crippen molar-refractivity contribution >= 4 is 34.7 Å². The molecule has 1 aromatic carbocycles. The average molecular weight is 368 g/mol. The van der Waals surface area contributed by atoms with Crippen LogP contribution in [-0.4, -0.2) is 22.4 Å². The van der Waals surface area contributed by atoms with Crippen molar-refractivity contribution in [3.8, 4) is 0 Å². The summed E-state index contributed by atoms with van der Waals surface area (Å²) in [5.74, 6) is 1.11. The van der Waals surface area contributed by atoms with E-state index in [0.717, 1.165) is 21.2 Å². The first-order valence-electron chi connectivity index (χ1n) is 7.96. The minimum Gasteiger partial charge on any atom is -0.467 e. The van der Waals surface area contributed by atoms with Gasteiger partial charge in [0.2, 0.25) is 0 Å². The molecule has 0 N–H and O–H groups in total. The maximum absolute atomic E-state index is 12.8. The SMILES string of the molecule is O=C(CSc1ccccc1)N1N=C(c2cccs2)CC1c1ccco1. The average Bonchev–Trinajstić information content (AvgIpc) is 3.40. The number of rotatable bonds is 5. The Hall–Kier alpha value is -2.31. The van der Waals surface area contributed by atoms with Crippen LogP contribution in [0, 0.1) is 0 Å². The van der Waals surface area contributed by atoms with Crippen LogP contribution in [0.2, 0.25) is 0 Å². The van der Waals surface area contributed by atoms with Gasteiger partial charge in [-0.3, -0.25) is 4.79 Å². The van der Waals surface area contributed by atoms with E-state index in [0.29, 0.717) is 12.2 Å². The van der Waals surface area contributed by atoms with Crippen LogP contribution in [0.3, 0.4) is 0 Å². The molecule has 1 amide bonds. The van der Waals surface area contributed by atoms with Crippen LogP contribution in [0.15, 0.2) is 80.7 Å². The van der Waals surface area contributed by atoms with E-state index in [4.69, 9.17) is 4.42 Å². The van der Waals surface area contributed by atoms with Crippen LogP contribution in [0.5, 0.6) is 0 Å². The van der Waals surface area contributed by atoms with Gasteiger partial charge in [0, 0.05) is 11.3 Å². The number of amides is 1.